The van der Waals surface area contributed by atoms with Crippen LogP contribution in [0.3, 0.4) is 0 Å². The van der Waals surface area contributed by atoms with Gasteiger partial charge in [0, 0.05) is 29.4 Å². The lowest BCUT2D eigenvalue weighted by molar-refractivity contribution is -0.115. The number of hydrogen-bond donors (Lipinski definition) is 2. The summed E-state index contributed by atoms with van der Waals surface area (Å²) >= 11 is 1.20. The zero-order valence-electron chi connectivity index (χ0n) is 14.2. The van der Waals surface area contributed by atoms with Crippen LogP contribution in [0.25, 0.3) is 0 Å². The number of benzene rings is 2. The summed E-state index contributed by atoms with van der Waals surface area (Å²) in [5, 5.41) is 2.76. The van der Waals surface area contributed by atoms with E-state index in [-0.39, 0.29) is 17.5 Å². The lowest BCUT2D eigenvalue weighted by Crippen LogP contribution is -2.19. The Morgan fingerprint density at radius 3 is 2.62 bits per heavy atom. The van der Waals surface area contributed by atoms with Crippen molar-refractivity contribution in [3.63, 3.8) is 0 Å². The standard InChI is InChI=1S/C19H20FN3O2S/c20-13-9-14(11-15(10-13)23-7-3-4-8-23)22-19(25)16-5-1-2-6-17(16)26-12-18(21)24/h1-2,5-6,9-11H,3-4,7-8,12H2,(H2,21,24)(H,22,25). The third-order valence-electron chi connectivity index (χ3n) is 4.11. The Hall–Kier alpha value is -2.54. The molecule has 0 spiro atoms. The van der Waals surface area contributed by atoms with Crippen molar-refractivity contribution < 1.29 is 14.0 Å². The predicted octanol–water partition coefficient (Wildman–Crippen LogP) is 3.26. The first-order chi connectivity index (χ1) is 12.5. The van der Waals surface area contributed by atoms with Crippen LogP contribution in [0.2, 0.25) is 0 Å². The Balaban J connectivity index is 1.79. The quantitative estimate of drug-likeness (QED) is 0.762. The van der Waals surface area contributed by atoms with Crippen LogP contribution in [0.4, 0.5) is 15.8 Å². The highest BCUT2D eigenvalue weighted by Gasteiger charge is 2.16. The molecule has 5 nitrogen and oxygen atoms in total. The van der Waals surface area contributed by atoms with Crippen LogP contribution in [0.1, 0.15) is 23.2 Å². The van der Waals surface area contributed by atoms with Crippen molar-refractivity contribution in [1.29, 1.82) is 0 Å². The molecule has 7 heteroatoms. The topological polar surface area (TPSA) is 75.4 Å². The number of carbonyl (C=O) groups is 2. The van der Waals surface area contributed by atoms with Crippen molar-refractivity contribution in [3.05, 3.63) is 53.8 Å². The monoisotopic (exact) mass is 373 g/mol. The van der Waals surface area contributed by atoms with Gasteiger partial charge >= 0.3 is 0 Å². The van der Waals surface area contributed by atoms with Gasteiger partial charge in [-0.15, -0.1) is 11.8 Å². The smallest absolute Gasteiger partial charge is 0.256 e. The molecule has 0 unspecified atom stereocenters. The van der Waals surface area contributed by atoms with Crippen LogP contribution >= 0.6 is 11.8 Å². The van der Waals surface area contributed by atoms with E-state index in [0.717, 1.165) is 31.6 Å². The Morgan fingerprint density at radius 2 is 1.88 bits per heavy atom. The lowest BCUT2D eigenvalue weighted by atomic mass is 10.2. The molecule has 0 atom stereocenters. The van der Waals surface area contributed by atoms with Crippen molar-refractivity contribution in [1.82, 2.24) is 0 Å². The molecule has 1 saturated heterocycles. The summed E-state index contributed by atoms with van der Waals surface area (Å²) in [5.74, 6) is -1.11. The van der Waals surface area contributed by atoms with Gasteiger partial charge in [-0.05, 0) is 43.2 Å². The Labute approximate surface area is 155 Å². The van der Waals surface area contributed by atoms with Crippen molar-refractivity contribution in [2.75, 3.05) is 29.1 Å². The van der Waals surface area contributed by atoms with Crippen LogP contribution in [0, 0.1) is 5.82 Å². The zero-order valence-corrected chi connectivity index (χ0v) is 15.0. The minimum Gasteiger partial charge on any atom is -0.371 e. The lowest BCUT2D eigenvalue weighted by Gasteiger charge is -2.19. The number of rotatable bonds is 6. The molecule has 136 valence electrons. The molecule has 0 bridgehead atoms. The Kier molecular flexibility index (Phi) is 5.78. The van der Waals surface area contributed by atoms with E-state index >= 15 is 0 Å². The van der Waals surface area contributed by atoms with Crippen molar-refractivity contribution in [2.45, 2.75) is 17.7 Å². The molecule has 3 N–H and O–H groups in total. The summed E-state index contributed by atoms with van der Waals surface area (Å²) in [6.07, 6.45) is 2.17. The fourth-order valence-electron chi connectivity index (χ4n) is 2.93. The molecule has 0 saturated carbocycles. The number of nitrogens with one attached hydrogen (secondary N) is 1. The van der Waals surface area contributed by atoms with E-state index in [9.17, 15) is 14.0 Å². The van der Waals surface area contributed by atoms with Crippen molar-refractivity contribution in [3.8, 4) is 0 Å². The van der Waals surface area contributed by atoms with E-state index in [0.29, 0.717) is 16.1 Å². The first kappa shape index (κ1) is 18.3. The third-order valence-corrected chi connectivity index (χ3v) is 5.21. The summed E-state index contributed by atoms with van der Waals surface area (Å²) in [6, 6.07) is 11.5. The molecule has 2 aromatic carbocycles. The molecule has 1 fully saturated rings. The van der Waals surface area contributed by atoms with Gasteiger partial charge in [0.05, 0.1) is 11.3 Å². The Morgan fingerprint density at radius 1 is 1.15 bits per heavy atom. The number of primary amides is 1. The van der Waals surface area contributed by atoms with E-state index in [1.165, 1.54) is 23.9 Å². The Bertz CT molecular complexity index is 822. The predicted molar refractivity (Wildman–Crippen MR) is 102 cm³/mol. The summed E-state index contributed by atoms with van der Waals surface area (Å²) in [7, 11) is 0. The molecule has 0 radical (unpaired) electrons. The fourth-order valence-corrected chi connectivity index (χ4v) is 3.72. The van der Waals surface area contributed by atoms with E-state index in [4.69, 9.17) is 5.73 Å². The van der Waals surface area contributed by atoms with Gasteiger partial charge in [0.2, 0.25) is 5.91 Å². The minimum absolute atomic E-state index is 0.0867. The number of nitrogens with zero attached hydrogens (tertiary/aromatic N) is 1. The normalized spacial score (nSPS) is 13.7. The zero-order chi connectivity index (χ0) is 18.5. The molecule has 1 aliphatic heterocycles. The van der Waals surface area contributed by atoms with E-state index in [1.54, 1.807) is 30.3 Å². The van der Waals surface area contributed by atoms with Gasteiger partial charge in [0.25, 0.3) is 5.91 Å². The van der Waals surface area contributed by atoms with Gasteiger partial charge in [-0.2, -0.15) is 0 Å². The average Bonchev–Trinajstić information content (AvgIpc) is 3.14. The highest BCUT2D eigenvalue weighted by atomic mass is 32.2. The van der Waals surface area contributed by atoms with Crippen LogP contribution in [-0.2, 0) is 4.79 Å². The van der Waals surface area contributed by atoms with E-state index < -0.39 is 5.91 Å². The van der Waals surface area contributed by atoms with Gasteiger partial charge < -0.3 is 16.0 Å². The number of halogens is 1. The molecule has 2 amide bonds. The first-order valence-corrected chi connectivity index (χ1v) is 9.38. The van der Waals surface area contributed by atoms with Crippen LogP contribution < -0.4 is 16.0 Å². The summed E-state index contributed by atoms with van der Waals surface area (Å²) in [6.45, 7) is 1.78. The maximum atomic E-state index is 14.0. The maximum absolute atomic E-state index is 14.0. The molecule has 1 heterocycles. The van der Waals surface area contributed by atoms with Crippen LogP contribution in [0.5, 0.6) is 0 Å². The van der Waals surface area contributed by atoms with Gasteiger partial charge in [-0.3, -0.25) is 9.59 Å². The molecule has 0 aromatic heterocycles. The largest absolute Gasteiger partial charge is 0.371 e. The van der Waals surface area contributed by atoms with Crippen molar-refractivity contribution in [2.24, 2.45) is 5.73 Å². The summed E-state index contributed by atoms with van der Waals surface area (Å²) in [4.78, 5) is 26.4. The molecule has 26 heavy (non-hydrogen) atoms. The van der Waals surface area contributed by atoms with Crippen molar-refractivity contribution >= 4 is 35.0 Å². The molecular formula is C19H20FN3O2S. The van der Waals surface area contributed by atoms with Gasteiger partial charge in [0.15, 0.2) is 0 Å². The molecular weight excluding hydrogens is 353 g/mol. The summed E-state index contributed by atoms with van der Waals surface area (Å²) in [5.41, 5.74) is 6.78. The molecule has 2 aromatic rings. The number of hydrogen-bond acceptors (Lipinski definition) is 4. The number of carbonyl (C=O) groups excluding carboxylic acids is 2. The number of thioether (sulfide) groups is 1. The second-order valence-corrected chi connectivity index (χ2v) is 7.11. The van der Waals surface area contributed by atoms with Gasteiger partial charge in [-0.25, -0.2) is 4.39 Å². The average molecular weight is 373 g/mol. The fraction of sp³-hybridized carbons (Fsp3) is 0.263. The third kappa shape index (κ3) is 4.54. The highest BCUT2D eigenvalue weighted by Crippen LogP contribution is 2.27. The SMILES string of the molecule is NC(=O)CSc1ccccc1C(=O)Nc1cc(F)cc(N2CCCC2)c1. The van der Waals surface area contributed by atoms with Crippen LogP contribution in [0.15, 0.2) is 47.4 Å². The maximum Gasteiger partial charge on any atom is 0.256 e. The molecule has 3 rings (SSSR count). The minimum atomic E-state index is -0.453. The second kappa shape index (κ2) is 8.23. The number of amides is 2. The number of anilines is 2. The van der Waals surface area contributed by atoms with Gasteiger partial charge in [-0.1, -0.05) is 12.1 Å². The van der Waals surface area contributed by atoms with E-state index in [1.807, 2.05) is 0 Å². The van der Waals surface area contributed by atoms with E-state index in [2.05, 4.69) is 10.2 Å². The van der Waals surface area contributed by atoms with Gasteiger partial charge in [0.1, 0.15) is 5.82 Å². The molecule has 1 aliphatic rings. The first-order valence-electron chi connectivity index (χ1n) is 8.40. The van der Waals surface area contributed by atoms with Crippen LogP contribution in [-0.4, -0.2) is 30.7 Å². The molecule has 0 aliphatic carbocycles. The number of nitrogens with two attached hydrogens (primary N) is 1. The second-order valence-electron chi connectivity index (χ2n) is 6.10. The summed E-state index contributed by atoms with van der Waals surface area (Å²) < 4.78 is 14.0. The highest BCUT2D eigenvalue weighted by molar-refractivity contribution is 8.00.